The second-order valence-electron chi connectivity index (χ2n) is 14.3. The van der Waals surface area contributed by atoms with Crippen molar-refractivity contribution in [3.8, 4) is 27.8 Å². The average molecular weight is 749 g/mol. The van der Waals surface area contributed by atoms with Gasteiger partial charge in [0.05, 0.1) is 16.5 Å². The third-order valence-electron chi connectivity index (χ3n) is 9.11. The highest BCUT2D eigenvalue weighted by Crippen LogP contribution is 2.39. The number of fused-ring (bicyclic) bond motifs is 5. The van der Waals surface area contributed by atoms with E-state index in [1.54, 1.807) is 26.0 Å². The van der Waals surface area contributed by atoms with Crippen molar-refractivity contribution in [3.05, 3.63) is 54.1 Å². The van der Waals surface area contributed by atoms with E-state index in [0.717, 1.165) is 62.2 Å². The number of aliphatic carboxylic acids is 1. The maximum Gasteiger partial charge on any atom is 0.397 e. The first-order chi connectivity index (χ1) is 23.9. The first-order valence-corrected chi connectivity index (χ1v) is 19.0. The molecule has 2 atom stereocenters. The van der Waals surface area contributed by atoms with E-state index in [1.165, 1.54) is 12.1 Å². The molecule has 3 aromatic rings. The van der Waals surface area contributed by atoms with Crippen LogP contribution in [0.1, 0.15) is 65.9 Å². The van der Waals surface area contributed by atoms with Crippen molar-refractivity contribution >= 4 is 38.4 Å². The van der Waals surface area contributed by atoms with Crippen molar-refractivity contribution in [2.75, 3.05) is 24.4 Å². The molecule has 2 aliphatic rings. The molecule has 2 aromatic heterocycles. The van der Waals surface area contributed by atoms with E-state index < -0.39 is 45.8 Å². The molecule has 0 amide bonds. The zero-order chi connectivity index (χ0) is 37.2. The summed E-state index contributed by atoms with van der Waals surface area (Å²) >= 11 is 0.939. The number of aliphatic imine (C=N–C) groups is 1. The van der Waals surface area contributed by atoms with Gasteiger partial charge < -0.3 is 9.84 Å². The Labute approximate surface area is 300 Å². The highest BCUT2D eigenvalue weighted by molar-refractivity contribution is 8.07. The number of alkyl halides is 3. The quantitative estimate of drug-likeness (QED) is 0.252. The zero-order valence-corrected chi connectivity index (χ0v) is 30.8. The van der Waals surface area contributed by atoms with Crippen molar-refractivity contribution in [2.24, 2.45) is 21.7 Å². The molecule has 2 aliphatic heterocycles. The number of carboxylic acid groups (broad SMARTS) is 1. The minimum atomic E-state index is -4.48. The number of halogens is 3. The van der Waals surface area contributed by atoms with Crippen LogP contribution in [0.15, 0.2) is 53.5 Å². The van der Waals surface area contributed by atoms with Crippen LogP contribution in [-0.4, -0.2) is 75.8 Å². The summed E-state index contributed by atoms with van der Waals surface area (Å²) < 4.78 is 80.0. The van der Waals surface area contributed by atoms with E-state index in [2.05, 4.69) is 19.1 Å². The Balaban J connectivity index is 1.54. The molecule has 4 heterocycles. The summed E-state index contributed by atoms with van der Waals surface area (Å²) in [5, 5.41) is 10.0. The van der Waals surface area contributed by atoms with Gasteiger partial charge in [0.25, 0.3) is 10.0 Å². The Kier molecular flexibility index (Phi) is 11.3. The molecule has 16 heteroatoms. The van der Waals surface area contributed by atoms with Crippen molar-refractivity contribution < 1.29 is 36.2 Å². The van der Waals surface area contributed by atoms with Crippen molar-refractivity contribution in [1.29, 1.82) is 0 Å². The summed E-state index contributed by atoms with van der Waals surface area (Å²) in [6, 6.07) is 10.6. The number of benzene rings is 1. The number of dihydropyridines is 1. The molecule has 5 rings (SSSR count). The molecule has 276 valence electrons. The number of hydrogen-bond donors (Lipinski definition) is 2. The molecule has 4 bridgehead atoms. The Morgan fingerprint density at radius 1 is 1.04 bits per heavy atom. The number of nitrogens with zero attached hydrogens (tertiary/aromatic N) is 5. The van der Waals surface area contributed by atoms with E-state index in [4.69, 9.17) is 9.72 Å². The molecule has 0 saturated carbocycles. The van der Waals surface area contributed by atoms with Crippen LogP contribution in [0.4, 0.5) is 19.0 Å². The Bertz CT molecular complexity index is 1910. The maximum absolute atomic E-state index is 13.8. The van der Waals surface area contributed by atoms with Crippen LogP contribution in [0.5, 0.6) is 6.01 Å². The highest BCUT2D eigenvalue weighted by Gasteiger charge is 2.48. The molecule has 0 aliphatic carbocycles. The number of rotatable bonds is 7. The number of anilines is 1. The number of ether oxygens (including phenoxy) is 1. The van der Waals surface area contributed by atoms with E-state index in [9.17, 15) is 31.5 Å². The lowest BCUT2D eigenvalue weighted by molar-refractivity contribution is -0.220. The standard InChI is InChI=1S/C35H43F3N6O5S2/c1-22-15-18-27-40-29(22)44(20-33(2,3)31(45)46)19-11-7-6-8-12-23-13-9-10-14-24(23)28-25(16-17-26(39-28)43-51(27,47)48)30-41-32(42-50-30)49-21-34(4,5)35(36,37)38/h9-10,13-18,22,29H,6-8,11-12,19-21H2,1-5H3,(H,39,43)(H,45,46). The smallest absolute Gasteiger partial charge is 0.397 e. The van der Waals surface area contributed by atoms with E-state index in [1.807, 2.05) is 36.1 Å². The topological polar surface area (TPSA) is 147 Å². The molecule has 51 heavy (non-hydrogen) atoms. The van der Waals surface area contributed by atoms with Crippen LogP contribution in [0, 0.1) is 16.7 Å². The summed E-state index contributed by atoms with van der Waals surface area (Å²) in [7, 11) is -4.25. The monoisotopic (exact) mass is 748 g/mol. The fourth-order valence-corrected chi connectivity index (χ4v) is 7.46. The van der Waals surface area contributed by atoms with Gasteiger partial charge in [-0.3, -0.25) is 19.4 Å². The van der Waals surface area contributed by atoms with Crippen LogP contribution in [0.25, 0.3) is 21.8 Å². The van der Waals surface area contributed by atoms with Crippen molar-refractivity contribution in [3.63, 3.8) is 0 Å². The number of pyridine rings is 1. The highest BCUT2D eigenvalue weighted by atomic mass is 32.2. The molecule has 1 aromatic carbocycles. The molecule has 11 nitrogen and oxygen atoms in total. The third-order valence-corrected chi connectivity index (χ3v) is 11.1. The maximum atomic E-state index is 13.8. The van der Waals surface area contributed by atoms with E-state index >= 15 is 0 Å². The van der Waals surface area contributed by atoms with Gasteiger partial charge in [0.15, 0.2) is 5.04 Å². The number of carboxylic acids is 1. The van der Waals surface area contributed by atoms with Crippen molar-refractivity contribution in [2.45, 2.75) is 79.1 Å². The Hall–Kier alpha value is -3.89. The predicted octanol–water partition coefficient (Wildman–Crippen LogP) is 7.44. The number of aromatic nitrogens is 3. The van der Waals surface area contributed by atoms with E-state index in [0.29, 0.717) is 29.2 Å². The van der Waals surface area contributed by atoms with Crippen LogP contribution >= 0.6 is 11.5 Å². The fraction of sp³-hybridized carbons (Fsp3) is 0.514. The zero-order valence-electron chi connectivity index (χ0n) is 29.2. The molecular weight excluding hydrogens is 706 g/mol. The molecule has 0 spiro atoms. The van der Waals surface area contributed by atoms with Crippen LogP contribution in [0.2, 0.25) is 0 Å². The molecule has 2 unspecified atom stereocenters. The number of carbonyl (C=O) groups is 1. The number of hydrogen-bond acceptors (Lipinski definition) is 10. The fourth-order valence-electron chi connectivity index (χ4n) is 5.82. The first kappa shape index (κ1) is 38.3. The summed E-state index contributed by atoms with van der Waals surface area (Å²) in [6.45, 7) is 7.37. The molecule has 0 radical (unpaired) electrons. The third kappa shape index (κ3) is 8.95. The van der Waals surface area contributed by atoms with Gasteiger partial charge >= 0.3 is 18.2 Å². The lowest BCUT2D eigenvalue weighted by atomic mass is 9.91. The number of nitrogens with one attached hydrogen (secondary N) is 1. The minimum absolute atomic E-state index is 0.0240. The molecule has 2 N–H and O–H groups in total. The lowest BCUT2D eigenvalue weighted by Crippen LogP contribution is -2.48. The second-order valence-corrected chi connectivity index (χ2v) is 16.7. The first-order valence-electron chi connectivity index (χ1n) is 16.8. The van der Waals surface area contributed by atoms with Gasteiger partial charge in [0.1, 0.15) is 23.6 Å². The summed E-state index contributed by atoms with van der Waals surface area (Å²) in [6.07, 6.45) is 2.25. The number of aryl methyl sites for hydroxylation is 1. The largest absolute Gasteiger partial charge is 0.481 e. The van der Waals surface area contributed by atoms with Crippen LogP contribution < -0.4 is 9.46 Å². The Morgan fingerprint density at radius 2 is 1.76 bits per heavy atom. The van der Waals surface area contributed by atoms with Gasteiger partial charge in [-0.2, -0.15) is 26.6 Å². The van der Waals surface area contributed by atoms with Crippen LogP contribution in [-0.2, 0) is 21.2 Å². The van der Waals surface area contributed by atoms with E-state index in [-0.39, 0.29) is 29.3 Å². The molecular formula is C35H43F3N6O5S2. The minimum Gasteiger partial charge on any atom is -0.481 e. The van der Waals surface area contributed by atoms with Gasteiger partial charge in [-0.15, -0.1) is 4.37 Å². The summed E-state index contributed by atoms with van der Waals surface area (Å²) in [5.41, 5.74) is -0.553. The summed E-state index contributed by atoms with van der Waals surface area (Å²) in [4.78, 5) is 27.9. The summed E-state index contributed by atoms with van der Waals surface area (Å²) in [5.74, 6) is -1.10. The number of sulfonamides is 1. The molecule has 0 fully saturated rings. The van der Waals surface area contributed by atoms with Gasteiger partial charge in [-0.05, 0) is 82.3 Å². The normalized spacial score (nSPS) is 20.4. The van der Waals surface area contributed by atoms with Crippen molar-refractivity contribution in [1.82, 2.24) is 19.2 Å². The van der Waals surface area contributed by atoms with Crippen LogP contribution in [0.3, 0.4) is 0 Å². The van der Waals surface area contributed by atoms with Gasteiger partial charge in [0.2, 0.25) is 0 Å². The lowest BCUT2D eigenvalue weighted by Gasteiger charge is -2.37. The SMILES string of the molecule is CC1C=CC2=NC1N(CC(C)(C)C(=O)O)CCCCCCc1ccccc1-c1nc(ccc1-c1nc(OCC(C)(C)C(F)(F)F)ns1)NS2(=O)=O. The Morgan fingerprint density at radius 3 is 2.49 bits per heavy atom. The van der Waals surface area contributed by atoms with Gasteiger partial charge in [-0.25, -0.2) is 4.98 Å². The average Bonchev–Trinajstić information content (AvgIpc) is 3.53. The van der Waals surface area contributed by atoms with Gasteiger partial charge in [-0.1, -0.05) is 50.1 Å². The molecule has 0 saturated heterocycles. The van der Waals surface area contributed by atoms with Gasteiger partial charge in [0, 0.05) is 30.1 Å². The second kappa shape index (κ2) is 15.0. The predicted molar refractivity (Wildman–Crippen MR) is 191 cm³/mol.